The van der Waals surface area contributed by atoms with Crippen LogP contribution in [0.5, 0.6) is 11.5 Å². The van der Waals surface area contributed by atoms with E-state index < -0.39 is 11.4 Å². The molecule has 7 heteroatoms. The Bertz CT molecular complexity index is 835. The zero-order valence-electron chi connectivity index (χ0n) is 19.0. The van der Waals surface area contributed by atoms with Gasteiger partial charge in [0.2, 0.25) is 0 Å². The zero-order valence-corrected chi connectivity index (χ0v) is 19.0. The van der Waals surface area contributed by atoms with Crippen LogP contribution in [0, 0.1) is 19.8 Å². The van der Waals surface area contributed by atoms with Gasteiger partial charge < -0.3 is 24.3 Å². The summed E-state index contributed by atoms with van der Waals surface area (Å²) < 4.78 is 22.9. The summed E-state index contributed by atoms with van der Waals surface area (Å²) in [6.07, 6.45) is 2.99. The number of carbonyl (C=O) groups is 2. The highest BCUT2D eigenvalue weighted by atomic mass is 16.7. The SMILES string of the molecule is COC(=O)c1cc(C)c2c(c1C)O[C@@](C)(C1CCC(NC(=O)OC(C)(C)C)CC1)O2. The Kier molecular flexibility index (Phi) is 5.94. The number of esters is 1. The first-order valence-electron chi connectivity index (χ1n) is 10.5. The molecule has 0 bridgehead atoms. The Balaban J connectivity index is 1.67. The maximum absolute atomic E-state index is 12.1. The average molecular weight is 420 g/mol. The molecule has 166 valence electrons. The molecule has 1 atom stereocenters. The van der Waals surface area contributed by atoms with E-state index in [1.54, 1.807) is 6.07 Å². The van der Waals surface area contributed by atoms with Gasteiger partial charge in [0.1, 0.15) is 5.60 Å². The molecule has 0 unspecified atom stereocenters. The van der Waals surface area contributed by atoms with Crippen LogP contribution in [0.25, 0.3) is 0 Å². The summed E-state index contributed by atoms with van der Waals surface area (Å²) in [5, 5.41) is 2.97. The number of benzene rings is 1. The third-order valence-electron chi connectivity index (χ3n) is 5.87. The molecule has 2 aliphatic rings. The molecule has 1 aliphatic heterocycles. The summed E-state index contributed by atoms with van der Waals surface area (Å²) in [4.78, 5) is 24.1. The van der Waals surface area contributed by atoms with Crippen LogP contribution >= 0.6 is 0 Å². The highest BCUT2D eigenvalue weighted by molar-refractivity contribution is 5.92. The number of aryl methyl sites for hydroxylation is 1. The molecule has 1 N–H and O–H groups in total. The molecular weight excluding hydrogens is 386 g/mol. The van der Waals surface area contributed by atoms with Gasteiger partial charge in [0.05, 0.1) is 12.7 Å². The number of hydrogen-bond donors (Lipinski definition) is 1. The minimum atomic E-state index is -0.802. The predicted octanol–water partition coefficient (Wildman–Crippen LogP) is 4.66. The van der Waals surface area contributed by atoms with Gasteiger partial charge in [0.15, 0.2) is 11.5 Å². The van der Waals surface area contributed by atoms with Crippen molar-refractivity contribution < 1.29 is 28.5 Å². The summed E-state index contributed by atoms with van der Waals surface area (Å²) in [6.45, 7) is 11.3. The van der Waals surface area contributed by atoms with Crippen molar-refractivity contribution in [2.45, 2.75) is 84.7 Å². The van der Waals surface area contributed by atoms with Crippen LogP contribution in [-0.2, 0) is 9.47 Å². The van der Waals surface area contributed by atoms with Crippen molar-refractivity contribution >= 4 is 12.1 Å². The van der Waals surface area contributed by atoms with Crippen LogP contribution < -0.4 is 14.8 Å². The second-order valence-corrected chi connectivity index (χ2v) is 9.43. The molecule has 0 radical (unpaired) electrons. The topological polar surface area (TPSA) is 83.1 Å². The molecular formula is C23H33NO6. The predicted molar refractivity (Wildman–Crippen MR) is 112 cm³/mol. The van der Waals surface area contributed by atoms with E-state index in [9.17, 15) is 9.59 Å². The van der Waals surface area contributed by atoms with Crippen molar-refractivity contribution in [3.8, 4) is 11.5 Å². The maximum Gasteiger partial charge on any atom is 0.407 e. The van der Waals surface area contributed by atoms with Gasteiger partial charge in [-0.3, -0.25) is 0 Å². The number of hydrogen-bond acceptors (Lipinski definition) is 6. The van der Waals surface area contributed by atoms with Crippen LogP contribution in [0.2, 0.25) is 0 Å². The fourth-order valence-electron chi connectivity index (χ4n) is 4.26. The van der Waals surface area contributed by atoms with Gasteiger partial charge in [0, 0.05) is 24.4 Å². The zero-order chi connectivity index (χ0) is 22.3. The van der Waals surface area contributed by atoms with E-state index in [4.69, 9.17) is 18.9 Å². The first-order chi connectivity index (χ1) is 13.9. The highest BCUT2D eigenvalue weighted by Gasteiger charge is 2.47. The lowest BCUT2D eigenvalue weighted by Crippen LogP contribution is -2.48. The third kappa shape index (κ3) is 4.50. The number of methoxy groups -OCH3 is 1. The van der Waals surface area contributed by atoms with E-state index in [0.29, 0.717) is 17.1 Å². The fourth-order valence-corrected chi connectivity index (χ4v) is 4.26. The molecule has 1 fully saturated rings. The van der Waals surface area contributed by atoms with Crippen molar-refractivity contribution in [2.24, 2.45) is 5.92 Å². The van der Waals surface area contributed by atoms with Crippen LogP contribution in [0.3, 0.4) is 0 Å². The normalized spacial score (nSPS) is 25.6. The molecule has 0 spiro atoms. The Labute approximate surface area is 178 Å². The minimum Gasteiger partial charge on any atom is -0.465 e. The molecule has 1 aromatic carbocycles. The van der Waals surface area contributed by atoms with Gasteiger partial charge in [-0.25, -0.2) is 9.59 Å². The first kappa shape index (κ1) is 22.2. The molecule has 0 aromatic heterocycles. The maximum atomic E-state index is 12.1. The van der Waals surface area contributed by atoms with Crippen LogP contribution in [0.4, 0.5) is 4.79 Å². The number of nitrogens with one attached hydrogen (secondary N) is 1. The molecule has 1 aliphatic carbocycles. The highest BCUT2D eigenvalue weighted by Crippen LogP contribution is 2.50. The minimum absolute atomic E-state index is 0.0814. The molecule has 1 amide bonds. The van der Waals surface area contributed by atoms with Crippen LogP contribution in [0.15, 0.2) is 6.07 Å². The Morgan fingerprint density at radius 1 is 1.10 bits per heavy atom. The van der Waals surface area contributed by atoms with E-state index in [2.05, 4.69) is 5.32 Å². The molecule has 1 heterocycles. The molecule has 7 nitrogen and oxygen atoms in total. The summed E-state index contributed by atoms with van der Waals surface area (Å²) in [6, 6.07) is 1.87. The van der Waals surface area contributed by atoms with Crippen LogP contribution in [0.1, 0.15) is 74.9 Å². The molecule has 0 saturated heterocycles. The third-order valence-corrected chi connectivity index (χ3v) is 5.87. The van der Waals surface area contributed by atoms with Crippen molar-refractivity contribution in [3.05, 3.63) is 22.8 Å². The number of fused-ring (bicyclic) bond motifs is 1. The Hall–Kier alpha value is -2.44. The van der Waals surface area contributed by atoms with Gasteiger partial charge in [-0.15, -0.1) is 0 Å². The van der Waals surface area contributed by atoms with Crippen molar-refractivity contribution in [1.29, 1.82) is 0 Å². The lowest BCUT2D eigenvalue weighted by atomic mass is 9.81. The lowest BCUT2D eigenvalue weighted by Gasteiger charge is -2.37. The van der Waals surface area contributed by atoms with Crippen molar-refractivity contribution in [3.63, 3.8) is 0 Å². The van der Waals surface area contributed by atoms with Crippen molar-refractivity contribution in [1.82, 2.24) is 5.32 Å². The van der Waals surface area contributed by atoms with E-state index >= 15 is 0 Å². The number of amides is 1. The Morgan fingerprint density at radius 3 is 2.27 bits per heavy atom. The molecule has 30 heavy (non-hydrogen) atoms. The van der Waals surface area contributed by atoms with Gasteiger partial charge in [-0.1, -0.05) is 0 Å². The van der Waals surface area contributed by atoms with E-state index in [1.807, 2.05) is 41.5 Å². The van der Waals surface area contributed by atoms with Gasteiger partial charge in [0.25, 0.3) is 5.79 Å². The fraction of sp³-hybridized carbons (Fsp3) is 0.652. The smallest absolute Gasteiger partial charge is 0.407 e. The summed E-state index contributed by atoms with van der Waals surface area (Å²) in [5.74, 6) is 0.290. The molecule has 1 saturated carbocycles. The largest absolute Gasteiger partial charge is 0.465 e. The van der Waals surface area contributed by atoms with Gasteiger partial charge >= 0.3 is 12.1 Å². The van der Waals surface area contributed by atoms with Gasteiger partial charge in [-0.2, -0.15) is 0 Å². The summed E-state index contributed by atoms with van der Waals surface area (Å²) in [7, 11) is 1.37. The van der Waals surface area contributed by atoms with Gasteiger partial charge in [-0.05, 0) is 71.9 Å². The number of rotatable bonds is 3. The number of alkyl carbamates (subject to hydrolysis) is 1. The Morgan fingerprint density at radius 2 is 1.70 bits per heavy atom. The standard InChI is InChI=1S/C23H33NO6/c1-13-12-17(20(25)27-7)14(2)19-18(13)28-23(6,29-19)15-8-10-16(11-9-15)24-21(26)30-22(3,4)5/h12,15-16H,8-11H2,1-7H3,(H,24,26)/t15?,16?,23-/m0/s1. The molecule has 3 rings (SSSR count). The average Bonchev–Trinajstić information content (AvgIpc) is 3.03. The van der Waals surface area contributed by atoms with Crippen LogP contribution in [-0.4, -0.2) is 36.6 Å². The second kappa shape index (κ2) is 8.00. The van der Waals surface area contributed by atoms with Crippen molar-refractivity contribution in [2.75, 3.05) is 7.11 Å². The number of carbonyl (C=O) groups excluding carboxylic acids is 2. The lowest BCUT2D eigenvalue weighted by molar-refractivity contribution is -0.121. The summed E-state index contributed by atoms with van der Waals surface area (Å²) >= 11 is 0. The van der Waals surface area contributed by atoms with E-state index in [1.165, 1.54) is 7.11 Å². The second-order valence-electron chi connectivity index (χ2n) is 9.43. The quantitative estimate of drug-likeness (QED) is 0.718. The molecule has 1 aromatic rings. The monoisotopic (exact) mass is 419 g/mol. The summed E-state index contributed by atoms with van der Waals surface area (Å²) in [5.41, 5.74) is 1.56. The van der Waals surface area contributed by atoms with E-state index in [-0.39, 0.29) is 24.0 Å². The number of ether oxygens (including phenoxy) is 4. The first-order valence-corrected chi connectivity index (χ1v) is 10.5. The van der Waals surface area contributed by atoms with E-state index in [0.717, 1.165) is 36.8 Å².